The van der Waals surface area contributed by atoms with Crippen LogP contribution in [0.1, 0.15) is 88.3 Å². The summed E-state index contributed by atoms with van der Waals surface area (Å²) >= 11 is 0. The zero-order valence-corrected chi connectivity index (χ0v) is 45.9. The number of azide groups is 1. The lowest BCUT2D eigenvalue weighted by Crippen LogP contribution is -2.67. The first-order valence-electron chi connectivity index (χ1n) is 28.0. The van der Waals surface area contributed by atoms with Gasteiger partial charge in [-0.3, -0.25) is 0 Å². The SMILES string of the molecule is CCCCOC1[C@H](O[C@@H]2OC3COC(c4ccccc4)O[C@H]3[C@@H](OCc3ccccc3)C2OC(=O)c2ccccc2)C(COC(=O)c2ccccc2)O[C@@H](OCCCCCN(Cc2ccccc2)C(=O)OCc2ccccc2)[C@H]1N=[N+]=[N-]. The molecule has 3 aliphatic heterocycles. The lowest BCUT2D eigenvalue weighted by molar-refractivity contribution is -0.385. The van der Waals surface area contributed by atoms with Crippen molar-refractivity contribution in [1.29, 1.82) is 0 Å². The third-order valence-corrected chi connectivity index (χ3v) is 14.2. The van der Waals surface area contributed by atoms with Crippen molar-refractivity contribution in [2.24, 2.45) is 5.11 Å². The number of amides is 1. The van der Waals surface area contributed by atoms with E-state index in [4.69, 9.17) is 52.1 Å². The molecule has 5 unspecified atom stereocenters. The quantitative estimate of drug-likeness (QED) is 0.0118. The first-order valence-corrected chi connectivity index (χ1v) is 28.0. The first-order chi connectivity index (χ1) is 40.3. The molecule has 0 N–H and O–H groups in total. The summed E-state index contributed by atoms with van der Waals surface area (Å²) in [4.78, 5) is 46.5. The Kier molecular flexibility index (Phi) is 22.4. The standard InChI is InChI=1S/C64H70N4O14/c1-2-3-38-72-56-53(66-67-65)62(73-39-24-10-23-37-68(40-45-25-11-4-12-26-45)64(71)77-42-47-29-15-6-16-30-47)78-51(43-75-59(69)48-31-17-7-18-32-48)54(56)82-63-58(80-60(70)49-33-19-8-20-34-49)57(74-41-46-27-13-5-14-28-46)55-52(79-63)44-76-61(81-55)50-35-21-9-22-36-50/h4-9,11-22,25-36,51-58,61-63H,2-3,10,23-24,37-44H2,1H3/t51?,52?,53-,54+,55+,56?,57+,58?,61?,62+,63-/m0/s1. The summed E-state index contributed by atoms with van der Waals surface area (Å²) in [6, 6.07) is 54.2. The van der Waals surface area contributed by atoms with E-state index in [1.54, 1.807) is 65.6 Å². The Morgan fingerprint density at radius 3 is 1.83 bits per heavy atom. The Labute approximate surface area is 478 Å². The van der Waals surface area contributed by atoms with Gasteiger partial charge in [-0.25, -0.2) is 14.4 Å². The molecule has 9 rings (SSSR count). The number of carbonyl (C=O) groups excluding carboxylic acids is 3. The molecule has 430 valence electrons. The number of benzene rings is 6. The summed E-state index contributed by atoms with van der Waals surface area (Å²) in [7, 11) is 0. The molecule has 18 nitrogen and oxygen atoms in total. The Morgan fingerprint density at radius 1 is 0.585 bits per heavy atom. The van der Waals surface area contributed by atoms with Gasteiger partial charge in [-0.1, -0.05) is 176 Å². The lowest BCUT2D eigenvalue weighted by Gasteiger charge is -2.51. The molecule has 0 radical (unpaired) electrons. The summed E-state index contributed by atoms with van der Waals surface area (Å²) < 4.78 is 71.9. The van der Waals surface area contributed by atoms with E-state index < -0.39 is 85.7 Å². The fourth-order valence-corrected chi connectivity index (χ4v) is 9.95. The highest BCUT2D eigenvalue weighted by molar-refractivity contribution is 5.89. The molecular formula is C64H70N4O14. The lowest BCUT2D eigenvalue weighted by atomic mass is 9.94. The average molecular weight is 1120 g/mol. The van der Waals surface area contributed by atoms with Gasteiger partial charge in [0.2, 0.25) is 0 Å². The van der Waals surface area contributed by atoms with Crippen molar-refractivity contribution in [3.8, 4) is 0 Å². The van der Waals surface area contributed by atoms with Crippen LogP contribution in [-0.4, -0.2) is 117 Å². The molecule has 11 atom stereocenters. The van der Waals surface area contributed by atoms with Gasteiger partial charge in [0.1, 0.15) is 49.8 Å². The highest BCUT2D eigenvalue weighted by atomic mass is 16.8. The number of ether oxygens (including phenoxy) is 11. The number of carbonyl (C=O) groups is 3. The van der Waals surface area contributed by atoms with Crippen LogP contribution < -0.4 is 0 Å². The molecule has 3 heterocycles. The highest BCUT2D eigenvalue weighted by Gasteiger charge is 2.56. The van der Waals surface area contributed by atoms with Crippen LogP contribution in [0.4, 0.5) is 4.79 Å². The molecular weight excluding hydrogens is 1050 g/mol. The average Bonchev–Trinajstić information content (AvgIpc) is 3.30. The predicted molar refractivity (Wildman–Crippen MR) is 300 cm³/mol. The van der Waals surface area contributed by atoms with Gasteiger partial charge in [0.05, 0.1) is 30.4 Å². The van der Waals surface area contributed by atoms with Crippen molar-refractivity contribution < 1.29 is 66.5 Å². The normalized spacial score (nSPS) is 24.0. The molecule has 82 heavy (non-hydrogen) atoms. The minimum atomic E-state index is -1.44. The Balaban J connectivity index is 0.978. The van der Waals surface area contributed by atoms with E-state index in [1.807, 2.05) is 128 Å². The van der Waals surface area contributed by atoms with E-state index in [0.29, 0.717) is 44.3 Å². The molecule has 0 aliphatic carbocycles. The number of hydrogen-bond donors (Lipinski definition) is 0. The van der Waals surface area contributed by atoms with Crippen LogP contribution >= 0.6 is 0 Å². The van der Waals surface area contributed by atoms with Crippen LogP contribution in [0.2, 0.25) is 0 Å². The maximum atomic E-state index is 14.3. The van der Waals surface area contributed by atoms with Crippen molar-refractivity contribution in [2.45, 2.75) is 126 Å². The van der Waals surface area contributed by atoms with E-state index in [2.05, 4.69) is 10.0 Å². The van der Waals surface area contributed by atoms with Crippen molar-refractivity contribution in [2.75, 3.05) is 33.0 Å². The zero-order chi connectivity index (χ0) is 56.7. The molecule has 6 aromatic carbocycles. The van der Waals surface area contributed by atoms with Crippen LogP contribution in [-0.2, 0) is 71.9 Å². The molecule has 0 aromatic heterocycles. The highest BCUT2D eigenvalue weighted by Crippen LogP contribution is 2.40. The number of unbranched alkanes of at least 4 members (excludes halogenated alkanes) is 3. The van der Waals surface area contributed by atoms with Crippen molar-refractivity contribution in [1.82, 2.24) is 4.90 Å². The van der Waals surface area contributed by atoms with Gasteiger partial charge in [0.15, 0.2) is 25.0 Å². The van der Waals surface area contributed by atoms with Crippen molar-refractivity contribution in [3.05, 3.63) is 226 Å². The number of hydrogen-bond acceptors (Lipinski definition) is 15. The monoisotopic (exact) mass is 1120 g/mol. The smallest absolute Gasteiger partial charge is 0.410 e. The second-order valence-corrected chi connectivity index (χ2v) is 20.1. The van der Waals surface area contributed by atoms with E-state index in [1.165, 1.54) is 0 Å². The summed E-state index contributed by atoms with van der Waals surface area (Å²) in [5, 5.41) is 4.24. The first kappa shape index (κ1) is 59.2. The van der Waals surface area contributed by atoms with Gasteiger partial charge in [0.25, 0.3) is 0 Å². The zero-order valence-electron chi connectivity index (χ0n) is 45.9. The summed E-state index contributed by atoms with van der Waals surface area (Å²) in [5.41, 5.74) is 14.3. The maximum absolute atomic E-state index is 14.3. The van der Waals surface area contributed by atoms with Crippen LogP contribution in [0.25, 0.3) is 10.4 Å². The second-order valence-electron chi connectivity index (χ2n) is 20.1. The molecule has 3 aliphatic rings. The number of rotatable bonds is 27. The van der Waals surface area contributed by atoms with Crippen LogP contribution in [0.15, 0.2) is 187 Å². The molecule has 0 bridgehead atoms. The van der Waals surface area contributed by atoms with Gasteiger partial charge in [-0.15, -0.1) is 0 Å². The summed E-state index contributed by atoms with van der Waals surface area (Å²) in [6.45, 7) is 3.07. The molecule has 6 aromatic rings. The number of esters is 2. The summed E-state index contributed by atoms with van der Waals surface area (Å²) in [5.74, 6) is -1.31. The van der Waals surface area contributed by atoms with Gasteiger partial charge in [0, 0.05) is 36.8 Å². The minimum Gasteiger partial charge on any atom is -0.459 e. The van der Waals surface area contributed by atoms with Gasteiger partial charge >= 0.3 is 18.0 Å². The number of nitrogens with zero attached hydrogens (tertiary/aromatic N) is 4. The molecule has 18 heteroatoms. The molecule has 3 fully saturated rings. The predicted octanol–water partition coefficient (Wildman–Crippen LogP) is 11.5. The van der Waals surface area contributed by atoms with Crippen LogP contribution in [0, 0.1) is 0 Å². The summed E-state index contributed by atoms with van der Waals surface area (Å²) in [6.07, 6.45) is -8.22. The molecule has 0 spiro atoms. The fourth-order valence-electron chi connectivity index (χ4n) is 9.95. The van der Waals surface area contributed by atoms with Crippen LogP contribution in [0.5, 0.6) is 0 Å². The van der Waals surface area contributed by atoms with E-state index >= 15 is 0 Å². The van der Waals surface area contributed by atoms with Gasteiger partial charge in [-0.05, 0) is 72.2 Å². The van der Waals surface area contributed by atoms with Gasteiger partial charge < -0.3 is 57.0 Å². The third kappa shape index (κ3) is 16.6. The molecule has 3 saturated heterocycles. The third-order valence-electron chi connectivity index (χ3n) is 14.2. The van der Waals surface area contributed by atoms with Crippen molar-refractivity contribution >= 4 is 18.0 Å². The van der Waals surface area contributed by atoms with E-state index in [-0.39, 0.29) is 45.2 Å². The Hall–Kier alpha value is -7.48. The molecule has 0 saturated carbocycles. The second kappa shape index (κ2) is 31.1. The maximum Gasteiger partial charge on any atom is 0.410 e. The minimum absolute atomic E-state index is 0.0328. The Morgan fingerprint density at radius 2 is 1.18 bits per heavy atom. The number of fused-ring (bicyclic) bond motifs is 1. The van der Waals surface area contributed by atoms with Gasteiger partial charge in [-0.2, -0.15) is 0 Å². The Bertz CT molecular complexity index is 2910. The topological polar surface area (TPSA) is 205 Å². The fraction of sp³-hybridized carbons (Fsp3) is 0.391. The molecule has 1 amide bonds. The van der Waals surface area contributed by atoms with E-state index in [0.717, 1.165) is 28.7 Å². The largest absolute Gasteiger partial charge is 0.459 e. The van der Waals surface area contributed by atoms with Crippen molar-refractivity contribution in [3.63, 3.8) is 0 Å². The van der Waals surface area contributed by atoms with E-state index in [9.17, 15) is 19.9 Å². The van der Waals surface area contributed by atoms with Crippen LogP contribution in [0.3, 0.4) is 0 Å².